The Morgan fingerprint density at radius 2 is 1.38 bits per heavy atom. The van der Waals surface area contributed by atoms with Gasteiger partial charge in [0.05, 0.1) is 56.4 Å². The van der Waals surface area contributed by atoms with Gasteiger partial charge in [0.25, 0.3) is 0 Å². The van der Waals surface area contributed by atoms with Crippen molar-refractivity contribution in [3.63, 3.8) is 0 Å². The molecule has 0 aromatic rings. The van der Waals surface area contributed by atoms with Crippen LogP contribution in [0.5, 0.6) is 0 Å². The van der Waals surface area contributed by atoms with Gasteiger partial charge in [0.15, 0.2) is 5.78 Å². The van der Waals surface area contributed by atoms with E-state index in [1.807, 2.05) is 6.92 Å². The van der Waals surface area contributed by atoms with Crippen molar-refractivity contribution in [3.8, 4) is 0 Å². The van der Waals surface area contributed by atoms with E-state index in [9.17, 15) is 4.79 Å². The van der Waals surface area contributed by atoms with Crippen LogP contribution < -0.4 is 11.5 Å². The van der Waals surface area contributed by atoms with E-state index in [0.29, 0.717) is 13.0 Å². The van der Waals surface area contributed by atoms with Crippen LogP contribution in [-0.4, -0.2) is 67.7 Å². The largest absolute Gasteiger partial charge is 0.373 e. The Balaban J connectivity index is 1.50. The Morgan fingerprint density at radius 3 is 1.92 bits per heavy atom. The molecule has 1 aliphatic carbocycles. The number of nitrogens with two attached hydrogens (primary N) is 2. The van der Waals surface area contributed by atoms with Crippen LogP contribution in [0, 0.1) is 17.8 Å². The second kappa shape index (κ2) is 5.96. The van der Waals surface area contributed by atoms with E-state index in [0.717, 1.165) is 39.1 Å². The minimum absolute atomic E-state index is 0.0924. The Labute approximate surface area is 154 Å². The van der Waals surface area contributed by atoms with Gasteiger partial charge in [0.2, 0.25) is 0 Å². The number of ether oxygens (including phenoxy) is 4. The van der Waals surface area contributed by atoms with Crippen LogP contribution in [0.2, 0.25) is 0 Å². The molecule has 4 N–H and O–H groups in total. The Morgan fingerprint density at radius 1 is 0.885 bits per heavy atom. The number of carbonyl (C=O) groups is 1. The fourth-order valence-electron chi connectivity index (χ4n) is 5.26. The first kappa shape index (κ1) is 17.5. The lowest BCUT2D eigenvalue weighted by Gasteiger charge is -2.57. The van der Waals surface area contributed by atoms with Gasteiger partial charge in [0, 0.05) is 11.5 Å². The van der Waals surface area contributed by atoms with Crippen LogP contribution in [0.25, 0.3) is 0 Å². The molecule has 0 aromatic heterocycles. The van der Waals surface area contributed by atoms with E-state index in [4.69, 9.17) is 30.4 Å². The van der Waals surface area contributed by atoms with Gasteiger partial charge >= 0.3 is 0 Å². The number of carbonyl (C=O) groups excluding carboxylic acids is 1. The van der Waals surface area contributed by atoms with Crippen molar-refractivity contribution in [2.75, 3.05) is 26.4 Å². The highest BCUT2D eigenvalue weighted by atomic mass is 16.6. The summed E-state index contributed by atoms with van der Waals surface area (Å²) in [5.41, 5.74) is 11.9. The second-order valence-electron chi connectivity index (χ2n) is 9.22. The van der Waals surface area contributed by atoms with E-state index in [2.05, 4.69) is 0 Å². The van der Waals surface area contributed by atoms with E-state index in [1.165, 1.54) is 0 Å². The zero-order valence-electron chi connectivity index (χ0n) is 15.4. The van der Waals surface area contributed by atoms with Crippen LogP contribution in [-0.2, 0) is 23.7 Å². The minimum Gasteiger partial charge on any atom is -0.373 e. The molecule has 26 heavy (non-hydrogen) atoms. The number of ketones is 1. The summed E-state index contributed by atoms with van der Waals surface area (Å²) in [5, 5.41) is 0. The quantitative estimate of drug-likeness (QED) is 0.580. The molecule has 4 heterocycles. The maximum Gasteiger partial charge on any atom is 0.157 e. The number of Topliss-reactive ketones (excluding diaryl/α,β-unsaturated/α-hetero) is 1. The summed E-state index contributed by atoms with van der Waals surface area (Å²) in [4.78, 5) is 13.5. The van der Waals surface area contributed by atoms with Crippen LogP contribution in [0.1, 0.15) is 32.6 Å². The highest BCUT2D eigenvalue weighted by molar-refractivity contribution is 5.93. The smallest absolute Gasteiger partial charge is 0.157 e. The summed E-state index contributed by atoms with van der Waals surface area (Å²) in [5.74, 6) is 0.278. The Kier molecular flexibility index (Phi) is 4.02. The lowest BCUT2D eigenvalue weighted by atomic mass is 9.51. The van der Waals surface area contributed by atoms with Gasteiger partial charge in [-0.3, -0.25) is 4.79 Å². The third-order valence-electron chi connectivity index (χ3n) is 7.25. The molecule has 0 spiro atoms. The molecule has 4 saturated heterocycles. The molecule has 5 rings (SSSR count). The lowest BCUT2D eigenvalue weighted by molar-refractivity contribution is -0.143. The molecule has 0 radical (unpaired) electrons. The molecule has 146 valence electrons. The van der Waals surface area contributed by atoms with Crippen molar-refractivity contribution in [3.05, 3.63) is 0 Å². The first-order valence-electron chi connectivity index (χ1n) is 9.97. The van der Waals surface area contributed by atoms with Gasteiger partial charge in [0.1, 0.15) is 0 Å². The van der Waals surface area contributed by atoms with Crippen molar-refractivity contribution < 1.29 is 23.7 Å². The lowest BCUT2D eigenvalue weighted by Crippen LogP contribution is -2.77. The van der Waals surface area contributed by atoms with Crippen LogP contribution in [0.15, 0.2) is 0 Å². The average molecular weight is 366 g/mol. The van der Waals surface area contributed by atoms with Gasteiger partial charge in [-0.05, 0) is 44.4 Å². The highest BCUT2D eigenvalue weighted by Gasteiger charge is 2.64. The van der Waals surface area contributed by atoms with Gasteiger partial charge < -0.3 is 30.4 Å². The first-order chi connectivity index (χ1) is 12.4. The number of epoxide rings is 4. The standard InChI is InChI=1S/C19H30N2O5/c1-18(20)17(22)15(3-11-7-24-11)14(2-10-6-23-10)16(4-12-8-25-12)19(18,21)5-13-9-26-13/h10-16H,2-9,20-21H2,1H3. The fraction of sp³-hybridized carbons (Fsp3) is 0.947. The number of rotatable bonds is 8. The Bertz CT molecular complexity index is 582. The molecule has 0 bridgehead atoms. The fourth-order valence-corrected chi connectivity index (χ4v) is 5.26. The summed E-state index contributed by atoms with van der Waals surface area (Å²) in [6.45, 7) is 4.87. The van der Waals surface area contributed by atoms with E-state index >= 15 is 0 Å². The maximum atomic E-state index is 13.5. The highest BCUT2D eigenvalue weighted by Crippen LogP contribution is 2.52. The third-order valence-corrected chi connectivity index (χ3v) is 7.25. The molecule has 5 fully saturated rings. The van der Waals surface area contributed by atoms with Crippen molar-refractivity contribution in [2.24, 2.45) is 29.2 Å². The Hall–Kier alpha value is -0.570. The van der Waals surface area contributed by atoms with Gasteiger partial charge in [-0.15, -0.1) is 0 Å². The molecule has 1 saturated carbocycles. The topological polar surface area (TPSA) is 119 Å². The molecule has 7 heteroatoms. The number of hydrogen-bond acceptors (Lipinski definition) is 7. The van der Waals surface area contributed by atoms with Gasteiger partial charge in [-0.1, -0.05) is 0 Å². The van der Waals surface area contributed by atoms with Gasteiger partial charge in [-0.2, -0.15) is 0 Å². The molecule has 0 amide bonds. The number of hydrogen-bond donors (Lipinski definition) is 2. The molecule has 0 aromatic carbocycles. The van der Waals surface area contributed by atoms with E-state index in [-0.39, 0.29) is 48.0 Å². The van der Waals surface area contributed by atoms with Crippen molar-refractivity contribution >= 4 is 5.78 Å². The van der Waals surface area contributed by atoms with Crippen molar-refractivity contribution in [1.82, 2.24) is 0 Å². The van der Waals surface area contributed by atoms with E-state index < -0.39 is 11.1 Å². The van der Waals surface area contributed by atoms with Crippen LogP contribution in [0.4, 0.5) is 0 Å². The predicted molar refractivity (Wildman–Crippen MR) is 92.4 cm³/mol. The third kappa shape index (κ3) is 3.12. The van der Waals surface area contributed by atoms with Crippen LogP contribution >= 0.6 is 0 Å². The molecule has 9 atom stereocenters. The van der Waals surface area contributed by atoms with Crippen molar-refractivity contribution in [1.29, 1.82) is 0 Å². The summed E-state index contributed by atoms with van der Waals surface area (Å²) in [7, 11) is 0. The summed E-state index contributed by atoms with van der Waals surface area (Å²) < 4.78 is 22.0. The molecule has 7 nitrogen and oxygen atoms in total. The van der Waals surface area contributed by atoms with E-state index in [1.54, 1.807) is 0 Å². The zero-order valence-corrected chi connectivity index (χ0v) is 15.4. The van der Waals surface area contributed by atoms with Gasteiger partial charge in [-0.25, -0.2) is 0 Å². The molecule has 4 aliphatic heterocycles. The SMILES string of the molecule is CC1(N)C(=O)C(CC2CO2)C(CC2CO2)C(CC2CO2)C1(N)CC1CO1. The molecular weight excluding hydrogens is 336 g/mol. The predicted octanol–water partition coefficient (Wildman–Crippen LogP) is -0.0118. The average Bonchev–Trinajstić information content (AvgIpc) is 3.45. The normalized spacial score (nSPS) is 54.9. The first-order valence-corrected chi connectivity index (χ1v) is 9.97. The summed E-state index contributed by atoms with van der Waals surface area (Å²) >= 11 is 0. The molecular formula is C19H30N2O5. The zero-order chi connectivity index (χ0) is 18.1. The summed E-state index contributed by atoms with van der Waals surface area (Å²) in [6.07, 6.45) is 3.94. The molecule has 9 unspecified atom stereocenters. The summed E-state index contributed by atoms with van der Waals surface area (Å²) in [6, 6.07) is 0. The molecule has 5 aliphatic rings. The maximum absolute atomic E-state index is 13.5. The second-order valence-corrected chi connectivity index (χ2v) is 9.22. The minimum atomic E-state index is -1.07. The van der Waals surface area contributed by atoms with Crippen molar-refractivity contribution in [2.45, 2.75) is 68.1 Å². The monoisotopic (exact) mass is 366 g/mol. The van der Waals surface area contributed by atoms with Crippen LogP contribution in [0.3, 0.4) is 0 Å².